The van der Waals surface area contributed by atoms with Gasteiger partial charge >= 0.3 is 0 Å². The van der Waals surface area contributed by atoms with Crippen molar-refractivity contribution in [1.82, 2.24) is 14.8 Å². The molecule has 1 amide bonds. The van der Waals surface area contributed by atoms with E-state index in [-0.39, 0.29) is 18.1 Å². The van der Waals surface area contributed by atoms with Crippen LogP contribution in [0.3, 0.4) is 0 Å². The molecule has 1 fully saturated rings. The molecule has 1 aromatic carbocycles. The van der Waals surface area contributed by atoms with Crippen LogP contribution < -0.4 is 10.1 Å². The van der Waals surface area contributed by atoms with Gasteiger partial charge in [-0.3, -0.25) is 14.6 Å². The van der Waals surface area contributed by atoms with E-state index in [4.69, 9.17) is 9.47 Å². The second-order valence-corrected chi connectivity index (χ2v) is 8.11. The summed E-state index contributed by atoms with van der Waals surface area (Å²) in [7, 11) is 0. The zero-order valence-corrected chi connectivity index (χ0v) is 17.7. The number of benzene rings is 1. The van der Waals surface area contributed by atoms with E-state index in [1.165, 1.54) is 0 Å². The summed E-state index contributed by atoms with van der Waals surface area (Å²) in [5.41, 5.74) is 1.75. The molecule has 1 aliphatic heterocycles. The van der Waals surface area contributed by atoms with E-state index in [0.717, 1.165) is 31.1 Å². The molecular formula is C23H26N4O4. The quantitative estimate of drug-likeness (QED) is 0.554. The molecule has 0 aliphatic carbocycles. The second kappa shape index (κ2) is 9.26. The Morgan fingerprint density at radius 2 is 2.16 bits per heavy atom. The van der Waals surface area contributed by atoms with Crippen molar-refractivity contribution in [1.29, 1.82) is 0 Å². The summed E-state index contributed by atoms with van der Waals surface area (Å²) in [6.07, 6.45) is 7.15. The van der Waals surface area contributed by atoms with Gasteiger partial charge in [-0.1, -0.05) is 13.8 Å². The Morgan fingerprint density at radius 3 is 2.90 bits per heavy atom. The predicted octanol–water partition coefficient (Wildman–Crippen LogP) is 4.72. The number of nitrogens with one attached hydrogen (secondary N) is 1. The van der Waals surface area contributed by atoms with Gasteiger partial charge in [-0.25, -0.2) is 4.68 Å². The first kappa shape index (κ1) is 21.0. The fourth-order valence-electron chi connectivity index (χ4n) is 3.69. The highest BCUT2D eigenvalue weighted by atomic mass is 16.5. The fourth-order valence-corrected chi connectivity index (χ4v) is 3.69. The number of hydrogen-bond acceptors (Lipinski definition) is 6. The molecule has 1 N–H and O–H groups in total. The van der Waals surface area contributed by atoms with Crippen LogP contribution in [0.1, 0.15) is 56.2 Å². The third-order valence-corrected chi connectivity index (χ3v) is 5.07. The molecule has 8 heteroatoms. The molecule has 0 spiro atoms. The summed E-state index contributed by atoms with van der Waals surface area (Å²) in [4.78, 5) is 27.8. The molecule has 8 nitrogen and oxygen atoms in total. The normalized spacial score (nSPS) is 16.4. The highest BCUT2D eigenvalue weighted by molar-refractivity contribution is 5.96. The van der Waals surface area contributed by atoms with E-state index in [0.29, 0.717) is 41.3 Å². The second-order valence-electron chi connectivity index (χ2n) is 8.11. The Balaban J connectivity index is 1.56. The van der Waals surface area contributed by atoms with Gasteiger partial charge in [0.25, 0.3) is 0 Å². The van der Waals surface area contributed by atoms with E-state index >= 15 is 0 Å². The number of ether oxygens (including phenoxy) is 2. The lowest BCUT2D eigenvalue weighted by atomic mass is 10.1. The monoisotopic (exact) mass is 422 g/mol. The number of hydrogen-bond donors (Lipinski definition) is 1. The lowest BCUT2D eigenvalue weighted by Crippen LogP contribution is -2.19. The number of aldehydes is 1. The van der Waals surface area contributed by atoms with Crippen molar-refractivity contribution in [2.75, 3.05) is 11.9 Å². The van der Waals surface area contributed by atoms with Gasteiger partial charge in [0.15, 0.2) is 12.5 Å². The van der Waals surface area contributed by atoms with Crippen LogP contribution in [0.2, 0.25) is 0 Å². The molecular weight excluding hydrogens is 396 g/mol. The Labute approximate surface area is 180 Å². The third kappa shape index (κ3) is 4.91. The Kier molecular flexibility index (Phi) is 6.27. The number of amides is 1. The molecule has 3 heterocycles. The summed E-state index contributed by atoms with van der Waals surface area (Å²) in [6, 6.07) is 7.21. The summed E-state index contributed by atoms with van der Waals surface area (Å²) in [6.45, 7) is 4.67. The zero-order valence-electron chi connectivity index (χ0n) is 17.7. The average molecular weight is 422 g/mol. The van der Waals surface area contributed by atoms with Crippen LogP contribution in [0.5, 0.6) is 11.5 Å². The first-order valence-electron chi connectivity index (χ1n) is 10.6. The minimum absolute atomic E-state index is 0.0664. The number of carbonyl (C=O) groups is 2. The van der Waals surface area contributed by atoms with Crippen molar-refractivity contribution in [3.63, 3.8) is 0 Å². The number of aromatic nitrogens is 3. The predicted molar refractivity (Wildman–Crippen MR) is 116 cm³/mol. The van der Waals surface area contributed by atoms with Crippen molar-refractivity contribution < 1.29 is 19.1 Å². The van der Waals surface area contributed by atoms with Gasteiger partial charge in [-0.05, 0) is 43.4 Å². The smallest absolute Gasteiger partial charge is 0.224 e. The van der Waals surface area contributed by atoms with Gasteiger partial charge in [0.1, 0.15) is 17.2 Å². The summed E-state index contributed by atoms with van der Waals surface area (Å²) >= 11 is 0. The molecule has 31 heavy (non-hydrogen) atoms. The van der Waals surface area contributed by atoms with Crippen molar-refractivity contribution in [2.24, 2.45) is 5.92 Å². The van der Waals surface area contributed by atoms with Crippen molar-refractivity contribution >= 4 is 28.8 Å². The van der Waals surface area contributed by atoms with E-state index in [1.807, 2.05) is 26.0 Å². The van der Waals surface area contributed by atoms with Crippen LogP contribution in [-0.4, -0.2) is 33.6 Å². The van der Waals surface area contributed by atoms with Crippen LogP contribution in [-0.2, 0) is 9.53 Å². The van der Waals surface area contributed by atoms with Crippen LogP contribution in [0, 0.1) is 5.92 Å². The lowest BCUT2D eigenvalue weighted by Gasteiger charge is -2.23. The minimum atomic E-state index is -0.160. The lowest BCUT2D eigenvalue weighted by molar-refractivity contribution is -0.116. The maximum Gasteiger partial charge on any atom is 0.224 e. The maximum atomic E-state index is 12.0. The summed E-state index contributed by atoms with van der Waals surface area (Å²) in [5, 5.41) is 7.99. The van der Waals surface area contributed by atoms with E-state index in [1.54, 1.807) is 29.2 Å². The Bertz CT molecular complexity index is 1090. The summed E-state index contributed by atoms with van der Waals surface area (Å²) < 4.78 is 13.6. The first-order chi connectivity index (χ1) is 15.0. The number of pyridine rings is 1. The number of nitrogens with zero attached hydrogens (tertiary/aromatic N) is 3. The molecule has 1 unspecified atom stereocenters. The van der Waals surface area contributed by atoms with Crippen LogP contribution >= 0.6 is 0 Å². The molecule has 1 aliphatic rings. The SMILES string of the molecule is CC(C)CC(=O)Nc1cncc(Oc2ccc3c(c2)c(C=O)nn3C2CCCCO2)c1. The standard InChI is InChI=1S/C23H26N4O4/c1-15(2)9-22(29)25-16-10-18(13-24-12-16)31-17-6-7-21-19(11-17)20(14-28)26-27(21)23-5-3-4-8-30-23/h6-7,10-15,23H,3-5,8-9H2,1-2H3,(H,25,29). The maximum absolute atomic E-state index is 12.0. The van der Waals surface area contributed by atoms with Gasteiger partial charge in [-0.2, -0.15) is 5.10 Å². The van der Waals surface area contributed by atoms with Gasteiger partial charge < -0.3 is 14.8 Å². The van der Waals surface area contributed by atoms with Gasteiger partial charge in [0.05, 0.1) is 23.6 Å². The van der Waals surface area contributed by atoms with E-state index in [9.17, 15) is 9.59 Å². The molecule has 0 saturated carbocycles. The van der Waals surface area contributed by atoms with Gasteiger partial charge in [0.2, 0.25) is 5.91 Å². The Morgan fingerprint density at radius 1 is 1.29 bits per heavy atom. The highest BCUT2D eigenvalue weighted by Gasteiger charge is 2.21. The molecule has 0 bridgehead atoms. The third-order valence-electron chi connectivity index (χ3n) is 5.07. The van der Waals surface area contributed by atoms with Crippen LogP contribution in [0.25, 0.3) is 10.9 Å². The molecule has 2 aromatic heterocycles. The van der Waals surface area contributed by atoms with Gasteiger partial charge in [0, 0.05) is 24.5 Å². The van der Waals surface area contributed by atoms with E-state index in [2.05, 4.69) is 15.4 Å². The van der Waals surface area contributed by atoms with Crippen LogP contribution in [0.4, 0.5) is 5.69 Å². The largest absolute Gasteiger partial charge is 0.456 e. The average Bonchev–Trinajstić information content (AvgIpc) is 3.12. The van der Waals surface area contributed by atoms with Gasteiger partial charge in [-0.15, -0.1) is 0 Å². The number of rotatable bonds is 7. The van der Waals surface area contributed by atoms with Crippen molar-refractivity contribution in [3.8, 4) is 11.5 Å². The minimum Gasteiger partial charge on any atom is -0.456 e. The topological polar surface area (TPSA) is 95.3 Å². The highest BCUT2D eigenvalue weighted by Crippen LogP contribution is 2.31. The number of carbonyl (C=O) groups excluding carboxylic acids is 2. The zero-order chi connectivity index (χ0) is 21.8. The molecule has 1 saturated heterocycles. The van der Waals surface area contributed by atoms with Crippen molar-refractivity contribution in [2.45, 2.75) is 45.8 Å². The van der Waals surface area contributed by atoms with Crippen LogP contribution in [0.15, 0.2) is 36.7 Å². The first-order valence-corrected chi connectivity index (χ1v) is 10.6. The Hall–Kier alpha value is -3.26. The fraction of sp³-hybridized carbons (Fsp3) is 0.391. The number of anilines is 1. The summed E-state index contributed by atoms with van der Waals surface area (Å²) in [5.74, 6) is 1.24. The molecule has 3 aromatic rings. The van der Waals surface area contributed by atoms with E-state index < -0.39 is 0 Å². The number of fused-ring (bicyclic) bond motifs is 1. The molecule has 0 radical (unpaired) electrons. The molecule has 1 atom stereocenters. The molecule has 162 valence electrons. The molecule has 4 rings (SSSR count). The van der Waals surface area contributed by atoms with Crippen molar-refractivity contribution in [3.05, 3.63) is 42.4 Å².